The summed E-state index contributed by atoms with van der Waals surface area (Å²) >= 11 is 5.97. The first-order valence-electron chi connectivity index (χ1n) is 6.56. The van der Waals surface area contributed by atoms with E-state index in [1.807, 2.05) is 18.2 Å². The van der Waals surface area contributed by atoms with Crippen LogP contribution in [0.25, 0.3) is 22.4 Å². The standard InChI is InChI=1S/C15H15ClN4/c1-2-7-20-14-5-6-18-9-13(14)19-15(20)11-4-3-10(16)8-12(11)17/h3-6,8-9H,2,7,17H2,1H3. The van der Waals surface area contributed by atoms with Crippen LogP contribution in [0, 0.1) is 0 Å². The number of fused-ring (bicyclic) bond motifs is 1. The summed E-state index contributed by atoms with van der Waals surface area (Å²) in [6.45, 7) is 3.03. The van der Waals surface area contributed by atoms with Gasteiger partial charge in [0.15, 0.2) is 0 Å². The molecule has 3 aromatic rings. The predicted octanol–water partition coefficient (Wildman–Crippen LogP) is 3.74. The Kier molecular flexibility index (Phi) is 3.32. The second-order valence-corrected chi connectivity index (χ2v) is 5.12. The van der Waals surface area contributed by atoms with Crippen molar-refractivity contribution in [3.8, 4) is 11.4 Å². The minimum absolute atomic E-state index is 0.631. The first kappa shape index (κ1) is 12.9. The van der Waals surface area contributed by atoms with Crippen LogP contribution in [0.2, 0.25) is 5.02 Å². The number of hydrogen-bond donors (Lipinski definition) is 1. The number of anilines is 1. The maximum atomic E-state index is 6.09. The van der Waals surface area contributed by atoms with Crippen molar-refractivity contribution in [3.05, 3.63) is 41.7 Å². The van der Waals surface area contributed by atoms with Crippen LogP contribution in [0.5, 0.6) is 0 Å². The van der Waals surface area contributed by atoms with Crippen LogP contribution >= 0.6 is 11.6 Å². The molecule has 0 amide bonds. The number of rotatable bonds is 3. The number of aromatic nitrogens is 3. The van der Waals surface area contributed by atoms with Gasteiger partial charge in [0.1, 0.15) is 11.3 Å². The van der Waals surface area contributed by atoms with Gasteiger partial charge in [0, 0.05) is 29.0 Å². The monoisotopic (exact) mass is 286 g/mol. The lowest BCUT2D eigenvalue weighted by atomic mass is 10.1. The van der Waals surface area contributed by atoms with Crippen LogP contribution < -0.4 is 5.73 Å². The maximum Gasteiger partial charge on any atom is 0.143 e. The van der Waals surface area contributed by atoms with Gasteiger partial charge in [0.05, 0.1) is 11.7 Å². The van der Waals surface area contributed by atoms with E-state index in [1.165, 1.54) is 0 Å². The average molecular weight is 287 g/mol. The summed E-state index contributed by atoms with van der Waals surface area (Å²) < 4.78 is 2.18. The molecule has 0 fully saturated rings. The summed E-state index contributed by atoms with van der Waals surface area (Å²) in [5, 5.41) is 0.631. The van der Waals surface area contributed by atoms with Crippen molar-refractivity contribution < 1.29 is 0 Å². The number of nitrogen functional groups attached to an aromatic ring is 1. The highest BCUT2D eigenvalue weighted by molar-refractivity contribution is 6.31. The molecule has 0 unspecified atom stereocenters. The molecule has 4 nitrogen and oxygen atoms in total. The Hall–Kier alpha value is -2.07. The van der Waals surface area contributed by atoms with Crippen molar-refractivity contribution in [3.63, 3.8) is 0 Å². The molecule has 0 spiro atoms. The highest BCUT2D eigenvalue weighted by atomic mass is 35.5. The Labute approximate surface area is 122 Å². The highest BCUT2D eigenvalue weighted by Crippen LogP contribution is 2.30. The number of nitrogens with zero attached hydrogens (tertiary/aromatic N) is 3. The molecule has 0 saturated carbocycles. The lowest BCUT2D eigenvalue weighted by molar-refractivity contribution is 0.704. The molecule has 0 aliphatic carbocycles. The fraction of sp³-hybridized carbons (Fsp3) is 0.200. The summed E-state index contributed by atoms with van der Waals surface area (Å²) in [6.07, 6.45) is 4.58. The van der Waals surface area contributed by atoms with Crippen LogP contribution in [0.15, 0.2) is 36.7 Å². The summed E-state index contributed by atoms with van der Waals surface area (Å²) in [5.41, 5.74) is 9.58. The SMILES string of the molecule is CCCn1c(-c2ccc(Cl)cc2N)nc2cnccc21. The van der Waals surface area contributed by atoms with E-state index in [0.717, 1.165) is 35.4 Å². The zero-order chi connectivity index (χ0) is 14.1. The first-order chi connectivity index (χ1) is 9.70. The van der Waals surface area contributed by atoms with Gasteiger partial charge in [-0.15, -0.1) is 0 Å². The number of hydrogen-bond acceptors (Lipinski definition) is 3. The highest BCUT2D eigenvalue weighted by Gasteiger charge is 2.14. The fourth-order valence-electron chi connectivity index (χ4n) is 2.37. The van der Waals surface area contributed by atoms with Crippen molar-refractivity contribution in [2.45, 2.75) is 19.9 Å². The number of pyridine rings is 1. The average Bonchev–Trinajstić information content (AvgIpc) is 2.78. The number of benzene rings is 1. The molecule has 2 heterocycles. The number of imidazole rings is 1. The van der Waals surface area contributed by atoms with Crippen molar-refractivity contribution >= 4 is 28.3 Å². The van der Waals surface area contributed by atoms with E-state index < -0.39 is 0 Å². The van der Waals surface area contributed by atoms with Crippen molar-refractivity contribution in [2.75, 3.05) is 5.73 Å². The Bertz CT molecular complexity index is 764. The second-order valence-electron chi connectivity index (χ2n) is 4.68. The van der Waals surface area contributed by atoms with E-state index in [-0.39, 0.29) is 0 Å². The molecule has 0 atom stereocenters. The van der Waals surface area contributed by atoms with Gasteiger partial charge in [0.25, 0.3) is 0 Å². The number of halogens is 1. The minimum Gasteiger partial charge on any atom is -0.398 e. The van der Waals surface area contributed by atoms with E-state index in [9.17, 15) is 0 Å². The molecule has 0 aliphatic heterocycles. The van der Waals surface area contributed by atoms with Crippen molar-refractivity contribution in [2.24, 2.45) is 0 Å². The van der Waals surface area contributed by atoms with Gasteiger partial charge in [-0.25, -0.2) is 4.98 Å². The van der Waals surface area contributed by atoms with Gasteiger partial charge >= 0.3 is 0 Å². The van der Waals surface area contributed by atoms with E-state index in [0.29, 0.717) is 10.7 Å². The minimum atomic E-state index is 0.631. The van der Waals surface area contributed by atoms with E-state index in [1.54, 1.807) is 18.5 Å². The van der Waals surface area contributed by atoms with Gasteiger partial charge in [-0.05, 0) is 30.7 Å². The second kappa shape index (κ2) is 5.13. The summed E-state index contributed by atoms with van der Waals surface area (Å²) in [5.74, 6) is 0.865. The van der Waals surface area contributed by atoms with E-state index in [4.69, 9.17) is 17.3 Å². The third-order valence-electron chi connectivity index (χ3n) is 3.25. The molecular formula is C15H15ClN4. The Morgan fingerprint density at radius 3 is 2.90 bits per heavy atom. The molecule has 5 heteroatoms. The van der Waals surface area contributed by atoms with Crippen LogP contribution in [0.1, 0.15) is 13.3 Å². The third kappa shape index (κ3) is 2.12. The zero-order valence-electron chi connectivity index (χ0n) is 11.2. The molecule has 0 radical (unpaired) electrons. The molecule has 3 rings (SSSR count). The largest absolute Gasteiger partial charge is 0.398 e. The van der Waals surface area contributed by atoms with Crippen LogP contribution in [0.3, 0.4) is 0 Å². The third-order valence-corrected chi connectivity index (χ3v) is 3.49. The Balaban J connectivity index is 2.26. The molecule has 102 valence electrons. The Morgan fingerprint density at radius 2 is 2.15 bits per heavy atom. The molecule has 2 aromatic heterocycles. The quantitative estimate of drug-likeness (QED) is 0.746. The zero-order valence-corrected chi connectivity index (χ0v) is 11.9. The van der Waals surface area contributed by atoms with Gasteiger partial charge in [0.2, 0.25) is 0 Å². The normalized spacial score (nSPS) is 11.1. The van der Waals surface area contributed by atoms with Gasteiger partial charge in [-0.2, -0.15) is 0 Å². The Morgan fingerprint density at radius 1 is 1.30 bits per heavy atom. The molecule has 1 aromatic carbocycles. The molecule has 0 aliphatic rings. The van der Waals surface area contributed by atoms with Crippen LogP contribution in [0.4, 0.5) is 5.69 Å². The van der Waals surface area contributed by atoms with Gasteiger partial charge in [-0.1, -0.05) is 18.5 Å². The fourth-order valence-corrected chi connectivity index (χ4v) is 2.56. The smallest absolute Gasteiger partial charge is 0.143 e. The summed E-state index contributed by atoms with van der Waals surface area (Å²) in [4.78, 5) is 8.80. The lowest BCUT2D eigenvalue weighted by Gasteiger charge is -2.10. The summed E-state index contributed by atoms with van der Waals surface area (Å²) in [6, 6.07) is 7.48. The number of aryl methyl sites for hydroxylation is 1. The summed E-state index contributed by atoms with van der Waals surface area (Å²) in [7, 11) is 0. The number of nitrogens with two attached hydrogens (primary N) is 1. The first-order valence-corrected chi connectivity index (χ1v) is 6.94. The van der Waals surface area contributed by atoms with Crippen molar-refractivity contribution in [1.82, 2.24) is 14.5 Å². The predicted molar refractivity (Wildman–Crippen MR) is 82.7 cm³/mol. The van der Waals surface area contributed by atoms with Crippen LogP contribution in [-0.2, 0) is 6.54 Å². The van der Waals surface area contributed by atoms with Crippen molar-refractivity contribution in [1.29, 1.82) is 0 Å². The molecule has 20 heavy (non-hydrogen) atoms. The molecule has 0 saturated heterocycles. The lowest BCUT2D eigenvalue weighted by Crippen LogP contribution is -2.01. The molecule has 0 bridgehead atoms. The molecule has 2 N–H and O–H groups in total. The van der Waals surface area contributed by atoms with Gasteiger partial charge in [-0.3, -0.25) is 4.98 Å². The topological polar surface area (TPSA) is 56.7 Å². The van der Waals surface area contributed by atoms with E-state index in [2.05, 4.69) is 21.5 Å². The maximum absolute atomic E-state index is 6.09. The van der Waals surface area contributed by atoms with E-state index >= 15 is 0 Å². The molecular weight excluding hydrogens is 272 g/mol. The van der Waals surface area contributed by atoms with Crippen LogP contribution in [-0.4, -0.2) is 14.5 Å². The van der Waals surface area contributed by atoms with Gasteiger partial charge < -0.3 is 10.3 Å².